The number of aromatic nitrogens is 2. The Bertz CT molecular complexity index is 218. The molecule has 0 aromatic carbocycles. The van der Waals surface area contributed by atoms with E-state index in [4.69, 9.17) is 4.74 Å². The van der Waals surface area contributed by atoms with E-state index < -0.39 is 0 Å². The minimum Gasteiger partial charge on any atom is -0.461 e. The fourth-order valence-electron chi connectivity index (χ4n) is 0.652. The van der Waals surface area contributed by atoms with E-state index in [0.717, 1.165) is 5.56 Å². The minimum atomic E-state index is 0.137. The van der Waals surface area contributed by atoms with Crippen molar-refractivity contribution in [3.63, 3.8) is 0 Å². The third-order valence-corrected chi connectivity index (χ3v) is 1.10. The summed E-state index contributed by atoms with van der Waals surface area (Å²) in [6, 6.07) is 0.450. The Morgan fingerprint density at radius 3 is 2.27 bits per heavy atom. The van der Waals surface area contributed by atoms with Gasteiger partial charge in [-0.15, -0.1) is 0 Å². The van der Waals surface area contributed by atoms with Crippen molar-refractivity contribution in [3.8, 4) is 6.01 Å². The molecule has 11 heavy (non-hydrogen) atoms. The largest absolute Gasteiger partial charge is 0.461 e. The van der Waals surface area contributed by atoms with Gasteiger partial charge in [0, 0.05) is 12.4 Å². The highest BCUT2D eigenvalue weighted by atomic mass is 16.5. The molecule has 0 aliphatic rings. The lowest BCUT2D eigenvalue weighted by atomic mass is 10.4. The number of hydrogen-bond acceptors (Lipinski definition) is 3. The first-order chi connectivity index (χ1) is 5.18. The third-order valence-electron chi connectivity index (χ3n) is 1.10. The molecule has 1 heterocycles. The second kappa shape index (κ2) is 3.32. The molecule has 0 unspecified atom stereocenters. The van der Waals surface area contributed by atoms with Gasteiger partial charge in [-0.3, -0.25) is 0 Å². The Labute approximate surface area is 66.4 Å². The van der Waals surface area contributed by atoms with Gasteiger partial charge in [0.15, 0.2) is 0 Å². The molecule has 3 nitrogen and oxygen atoms in total. The molecular formula is C8H12N2O. The molecular weight excluding hydrogens is 140 g/mol. The van der Waals surface area contributed by atoms with Gasteiger partial charge in [0.05, 0.1) is 6.10 Å². The van der Waals surface area contributed by atoms with Crippen molar-refractivity contribution >= 4 is 0 Å². The maximum absolute atomic E-state index is 5.25. The first-order valence-electron chi connectivity index (χ1n) is 3.64. The molecule has 1 rings (SSSR count). The Morgan fingerprint density at radius 1 is 1.27 bits per heavy atom. The summed E-state index contributed by atoms with van der Waals surface area (Å²) in [5.74, 6) is 0. The van der Waals surface area contributed by atoms with Crippen molar-refractivity contribution in [2.24, 2.45) is 0 Å². The topological polar surface area (TPSA) is 35.0 Å². The minimum absolute atomic E-state index is 0.137. The van der Waals surface area contributed by atoms with E-state index in [1.54, 1.807) is 12.4 Å². The van der Waals surface area contributed by atoms with E-state index in [0.29, 0.717) is 6.01 Å². The molecule has 0 N–H and O–H groups in total. The van der Waals surface area contributed by atoms with Crippen LogP contribution < -0.4 is 4.74 Å². The summed E-state index contributed by atoms with van der Waals surface area (Å²) in [7, 11) is 0. The van der Waals surface area contributed by atoms with Crippen LogP contribution in [-0.2, 0) is 0 Å². The first-order valence-corrected chi connectivity index (χ1v) is 3.64. The monoisotopic (exact) mass is 152 g/mol. The average Bonchev–Trinajstić information content (AvgIpc) is 1.93. The molecule has 0 fully saturated rings. The molecule has 0 saturated carbocycles. The van der Waals surface area contributed by atoms with E-state index in [-0.39, 0.29) is 6.10 Å². The Kier molecular flexibility index (Phi) is 2.41. The summed E-state index contributed by atoms with van der Waals surface area (Å²) in [4.78, 5) is 7.97. The Balaban J connectivity index is 2.66. The van der Waals surface area contributed by atoms with E-state index in [1.165, 1.54) is 0 Å². The summed E-state index contributed by atoms with van der Waals surface area (Å²) in [5.41, 5.74) is 1.04. The van der Waals surface area contributed by atoms with Gasteiger partial charge in [0.2, 0.25) is 0 Å². The molecule has 60 valence electrons. The maximum atomic E-state index is 5.25. The molecule has 0 amide bonds. The molecule has 0 atom stereocenters. The summed E-state index contributed by atoms with van der Waals surface area (Å²) < 4.78 is 5.25. The SMILES string of the molecule is Cc1cnc(OC(C)C)nc1. The highest BCUT2D eigenvalue weighted by molar-refractivity contribution is 5.04. The Hall–Kier alpha value is -1.12. The maximum Gasteiger partial charge on any atom is 0.316 e. The van der Waals surface area contributed by atoms with Crippen LogP contribution in [0.4, 0.5) is 0 Å². The lowest BCUT2D eigenvalue weighted by molar-refractivity contribution is 0.222. The number of rotatable bonds is 2. The van der Waals surface area contributed by atoms with Crippen molar-refractivity contribution in [2.75, 3.05) is 0 Å². The molecule has 0 bridgehead atoms. The summed E-state index contributed by atoms with van der Waals surface area (Å²) >= 11 is 0. The van der Waals surface area contributed by atoms with Gasteiger partial charge < -0.3 is 4.74 Å². The third kappa shape index (κ3) is 2.53. The molecule has 0 saturated heterocycles. The van der Waals surface area contributed by atoms with Crippen LogP contribution in [0.3, 0.4) is 0 Å². The van der Waals surface area contributed by atoms with E-state index >= 15 is 0 Å². The van der Waals surface area contributed by atoms with Crippen LogP contribution in [0.1, 0.15) is 19.4 Å². The fourth-order valence-corrected chi connectivity index (χ4v) is 0.652. The highest BCUT2D eigenvalue weighted by Crippen LogP contribution is 2.03. The van der Waals surface area contributed by atoms with Gasteiger partial charge >= 0.3 is 6.01 Å². The molecule has 3 heteroatoms. The quantitative estimate of drug-likeness (QED) is 0.645. The van der Waals surface area contributed by atoms with Crippen LogP contribution in [0.25, 0.3) is 0 Å². The molecule has 0 radical (unpaired) electrons. The van der Waals surface area contributed by atoms with Crippen LogP contribution in [0.15, 0.2) is 12.4 Å². The average molecular weight is 152 g/mol. The summed E-state index contributed by atoms with van der Waals surface area (Å²) in [6.07, 6.45) is 3.62. The van der Waals surface area contributed by atoms with Crippen molar-refractivity contribution in [2.45, 2.75) is 26.9 Å². The summed E-state index contributed by atoms with van der Waals surface area (Å²) in [5, 5.41) is 0. The molecule has 1 aromatic heterocycles. The van der Waals surface area contributed by atoms with E-state index in [1.807, 2.05) is 20.8 Å². The van der Waals surface area contributed by atoms with E-state index in [2.05, 4.69) is 9.97 Å². The number of aryl methyl sites for hydroxylation is 1. The van der Waals surface area contributed by atoms with Crippen LogP contribution in [0, 0.1) is 6.92 Å². The van der Waals surface area contributed by atoms with Crippen molar-refractivity contribution in [1.29, 1.82) is 0 Å². The molecule has 0 spiro atoms. The predicted molar refractivity (Wildman–Crippen MR) is 42.5 cm³/mol. The van der Waals surface area contributed by atoms with Crippen LogP contribution in [0.2, 0.25) is 0 Å². The number of nitrogens with zero attached hydrogens (tertiary/aromatic N) is 2. The smallest absolute Gasteiger partial charge is 0.316 e. The van der Waals surface area contributed by atoms with Gasteiger partial charge in [0.25, 0.3) is 0 Å². The van der Waals surface area contributed by atoms with Crippen LogP contribution >= 0.6 is 0 Å². The molecule has 0 aliphatic carbocycles. The Morgan fingerprint density at radius 2 is 1.82 bits per heavy atom. The van der Waals surface area contributed by atoms with Crippen molar-refractivity contribution in [3.05, 3.63) is 18.0 Å². The van der Waals surface area contributed by atoms with Crippen molar-refractivity contribution < 1.29 is 4.74 Å². The van der Waals surface area contributed by atoms with E-state index in [9.17, 15) is 0 Å². The molecule has 0 aliphatic heterocycles. The highest BCUT2D eigenvalue weighted by Gasteiger charge is 1.98. The van der Waals surface area contributed by atoms with Crippen molar-refractivity contribution in [1.82, 2.24) is 9.97 Å². The van der Waals surface area contributed by atoms with Crippen LogP contribution in [0.5, 0.6) is 6.01 Å². The normalized spacial score (nSPS) is 10.2. The summed E-state index contributed by atoms with van der Waals surface area (Å²) in [6.45, 7) is 5.84. The lowest BCUT2D eigenvalue weighted by Crippen LogP contribution is -2.08. The standard InChI is InChI=1S/C8H12N2O/c1-6(2)11-8-9-4-7(3)5-10-8/h4-6H,1-3H3. The zero-order valence-corrected chi connectivity index (χ0v) is 7.03. The lowest BCUT2D eigenvalue weighted by Gasteiger charge is -2.05. The van der Waals surface area contributed by atoms with Gasteiger partial charge in [0.1, 0.15) is 0 Å². The fraction of sp³-hybridized carbons (Fsp3) is 0.500. The number of ether oxygens (including phenoxy) is 1. The van der Waals surface area contributed by atoms with Gasteiger partial charge in [-0.25, -0.2) is 9.97 Å². The van der Waals surface area contributed by atoms with Gasteiger partial charge in [-0.1, -0.05) is 0 Å². The molecule has 1 aromatic rings. The zero-order chi connectivity index (χ0) is 8.27. The van der Waals surface area contributed by atoms with Gasteiger partial charge in [-0.2, -0.15) is 0 Å². The van der Waals surface area contributed by atoms with Crippen LogP contribution in [-0.4, -0.2) is 16.1 Å². The zero-order valence-electron chi connectivity index (χ0n) is 7.03. The predicted octanol–water partition coefficient (Wildman–Crippen LogP) is 1.57. The first kappa shape index (κ1) is 7.98. The second-order valence-corrected chi connectivity index (χ2v) is 2.71. The second-order valence-electron chi connectivity index (χ2n) is 2.71. The van der Waals surface area contributed by atoms with Gasteiger partial charge in [-0.05, 0) is 26.3 Å². The number of hydrogen-bond donors (Lipinski definition) is 0.